The van der Waals surface area contributed by atoms with E-state index in [-0.39, 0.29) is 0 Å². The Hall–Kier alpha value is -0.280. The predicted molar refractivity (Wildman–Crippen MR) is 58.1 cm³/mol. The van der Waals surface area contributed by atoms with Gasteiger partial charge in [-0.2, -0.15) is 0 Å². The number of rotatable bonds is 1. The topological polar surface area (TPSA) is 17.1 Å². The van der Waals surface area contributed by atoms with Crippen molar-refractivity contribution in [1.82, 2.24) is 0 Å². The molecule has 1 aromatic rings. The third-order valence-electron chi connectivity index (χ3n) is 2.47. The third kappa shape index (κ3) is 1.44. The van der Waals surface area contributed by atoms with Gasteiger partial charge >= 0.3 is 0 Å². The van der Waals surface area contributed by atoms with Gasteiger partial charge in [-0.05, 0) is 31.6 Å². The molecule has 2 rings (SSSR count). The van der Waals surface area contributed by atoms with Crippen LogP contribution in [0.5, 0.6) is 0 Å². The van der Waals surface area contributed by atoms with E-state index in [1.807, 2.05) is 6.26 Å². The minimum absolute atomic E-state index is 0.356. The minimum Gasteiger partial charge on any atom is -0.294 e. The molecule has 1 heterocycles. The van der Waals surface area contributed by atoms with E-state index >= 15 is 0 Å². The van der Waals surface area contributed by atoms with Gasteiger partial charge in [-0.3, -0.25) is 4.79 Å². The van der Waals surface area contributed by atoms with Crippen molar-refractivity contribution in [3.8, 4) is 0 Å². The van der Waals surface area contributed by atoms with E-state index in [1.54, 1.807) is 23.1 Å². The fourth-order valence-corrected chi connectivity index (χ4v) is 3.92. The van der Waals surface area contributed by atoms with E-state index in [9.17, 15) is 4.79 Å². The molecule has 1 aromatic heterocycles. The molecule has 0 unspecified atom stereocenters. The summed E-state index contributed by atoms with van der Waals surface area (Å²) in [6, 6.07) is 0. The fraction of sp³-hybridized carbons (Fsp3) is 0.500. The van der Waals surface area contributed by atoms with Crippen LogP contribution in [0.15, 0.2) is 4.21 Å². The van der Waals surface area contributed by atoms with Crippen molar-refractivity contribution < 1.29 is 4.79 Å². The molecule has 0 amide bonds. The van der Waals surface area contributed by atoms with Crippen molar-refractivity contribution in [2.45, 2.75) is 30.4 Å². The SMILES string of the molecule is CSc1sc(C)c2c1C(=O)CCC2. The van der Waals surface area contributed by atoms with E-state index in [0.717, 1.165) is 24.8 Å². The van der Waals surface area contributed by atoms with Crippen molar-refractivity contribution >= 4 is 28.9 Å². The zero-order chi connectivity index (χ0) is 9.42. The minimum atomic E-state index is 0.356. The zero-order valence-corrected chi connectivity index (χ0v) is 9.48. The molecular weight excluding hydrogens is 200 g/mol. The Kier molecular flexibility index (Phi) is 2.47. The van der Waals surface area contributed by atoms with Gasteiger partial charge in [0, 0.05) is 16.9 Å². The highest BCUT2D eigenvalue weighted by molar-refractivity contribution is 8.00. The van der Waals surface area contributed by atoms with Crippen LogP contribution in [-0.4, -0.2) is 12.0 Å². The fourth-order valence-electron chi connectivity index (χ4n) is 1.83. The average molecular weight is 212 g/mol. The maximum Gasteiger partial charge on any atom is 0.165 e. The van der Waals surface area contributed by atoms with E-state index in [0.29, 0.717) is 5.78 Å². The summed E-state index contributed by atoms with van der Waals surface area (Å²) < 4.78 is 1.22. The number of hydrogen-bond acceptors (Lipinski definition) is 3. The average Bonchev–Trinajstić information content (AvgIpc) is 2.45. The summed E-state index contributed by atoms with van der Waals surface area (Å²) in [5.74, 6) is 0.356. The van der Waals surface area contributed by atoms with Crippen molar-refractivity contribution in [2.75, 3.05) is 6.26 Å². The zero-order valence-electron chi connectivity index (χ0n) is 7.85. The van der Waals surface area contributed by atoms with E-state index in [1.165, 1.54) is 14.6 Å². The first-order valence-electron chi connectivity index (χ1n) is 4.43. The predicted octanol–water partition coefficient (Wildman–Crippen LogP) is 3.30. The van der Waals surface area contributed by atoms with Crippen LogP contribution >= 0.6 is 23.1 Å². The quantitative estimate of drug-likeness (QED) is 0.664. The molecule has 0 fully saturated rings. The Labute approximate surface area is 86.5 Å². The van der Waals surface area contributed by atoms with Gasteiger partial charge < -0.3 is 0 Å². The first-order chi connectivity index (χ1) is 6.24. The second kappa shape index (κ2) is 3.46. The molecule has 0 saturated heterocycles. The van der Waals surface area contributed by atoms with Crippen molar-refractivity contribution in [3.63, 3.8) is 0 Å². The van der Waals surface area contributed by atoms with Gasteiger partial charge in [-0.1, -0.05) is 0 Å². The van der Waals surface area contributed by atoms with Gasteiger partial charge in [-0.25, -0.2) is 0 Å². The number of thioether (sulfide) groups is 1. The van der Waals surface area contributed by atoms with Crippen molar-refractivity contribution in [1.29, 1.82) is 0 Å². The highest BCUT2D eigenvalue weighted by Gasteiger charge is 2.24. The summed E-state index contributed by atoms with van der Waals surface area (Å²) in [4.78, 5) is 13.0. The van der Waals surface area contributed by atoms with Gasteiger partial charge in [0.1, 0.15) is 0 Å². The number of carbonyl (C=O) groups is 1. The molecule has 0 N–H and O–H groups in total. The maximum absolute atomic E-state index is 11.7. The number of thiophene rings is 1. The first-order valence-corrected chi connectivity index (χ1v) is 6.47. The molecule has 1 aliphatic rings. The molecule has 1 nitrogen and oxygen atoms in total. The van der Waals surface area contributed by atoms with Crippen LogP contribution in [-0.2, 0) is 6.42 Å². The molecule has 0 bridgehead atoms. The Morgan fingerprint density at radius 2 is 2.15 bits per heavy atom. The van der Waals surface area contributed by atoms with Crippen LogP contribution in [0.2, 0.25) is 0 Å². The van der Waals surface area contributed by atoms with Gasteiger partial charge in [0.25, 0.3) is 0 Å². The molecule has 0 atom stereocenters. The number of carbonyl (C=O) groups excluding carboxylic acids is 1. The van der Waals surface area contributed by atoms with Gasteiger partial charge in [0.2, 0.25) is 0 Å². The summed E-state index contributed by atoms with van der Waals surface area (Å²) in [6.45, 7) is 2.13. The van der Waals surface area contributed by atoms with Gasteiger partial charge in [0.05, 0.1) is 4.21 Å². The van der Waals surface area contributed by atoms with Crippen LogP contribution in [0.4, 0.5) is 0 Å². The standard InChI is InChI=1S/C10H12OS2/c1-6-7-4-3-5-8(11)9(7)10(12-2)13-6/h3-5H2,1-2H3. The lowest BCUT2D eigenvalue weighted by Crippen LogP contribution is -2.09. The Balaban J connectivity index is 2.58. The molecule has 70 valence electrons. The number of aryl methyl sites for hydroxylation is 1. The number of Topliss-reactive ketones (excluding diaryl/α,β-unsaturated/α-hetero) is 1. The Morgan fingerprint density at radius 1 is 1.38 bits per heavy atom. The highest BCUT2D eigenvalue weighted by Crippen LogP contribution is 2.38. The van der Waals surface area contributed by atoms with Crippen LogP contribution in [0.1, 0.15) is 33.6 Å². The maximum atomic E-state index is 11.7. The summed E-state index contributed by atoms with van der Waals surface area (Å²) in [7, 11) is 0. The monoisotopic (exact) mass is 212 g/mol. The lowest BCUT2D eigenvalue weighted by Gasteiger charge is -2.11. The summed E-state index contributed by atoms with van der Waals surface area (Å²) in [6.07, 6.45) is 4.94. The van der Waals surface area contributed by atoms with Crippen LogP contribution < -0.4 is 0 Å². The lowest BCUT2D eigenvalue weighted by molar-refractivity contribution is 0.0970. The van der Waals surface area contributed by atoms with Gasteiger partial charge in [0.15, 0.2) is 5.78 Å². The highest BCUT2D eigenvalue weighted by atomic mass is 32.2. The number of ketones is 1. The normalized spacial score (nSPS) is 16.0. The number of fused-ring (bicyclic) bond motifs is 1. The summed E-state index contributed by atoms with van der Waals surface area (Å²) in [5.41, 5.74) is 2.37. The molecule has 3 heteroatoms. The van der Waals surface area contributed by atoms with Crippen molar-refractivity contribution in [3.05, 3.63) is 16.0 Å². The molecule has 0 saturated carbocycles. The second-order valence-corrected chi connectivity index (χ2v) is 5.58. The van der Waals surface area contributed by atoms with E-state index < -0.39 is 0 Å². The van der Waals surface area contributed by atoms with Gasteiger partial charge in [-0.15, -0.1) is 23.1 Å². The Morgan fingerprint density at radius 3 is 2.85 bits per heavy atom. The molecular formula is C10H12OS2. The van der Waals surface area contributed by atoms with E-state index in [4.69, 9.17) is 0 Å². The molecule has 0 aliphatic heterocycles. The van der Waals surface area contributed by atoms with Crippen LogP contribution in [0.3, 0.4) is 0 Å². The smallest absolute Gasteiger partial charge is 0.165 e. The largest absolute Gasteiger partial charge is 0.294 e. The summed E-state index contributed by atoms with van der Waals surface area (Å²) >= 11 is 3.48. The van der Waals surface area contributed by atoms with E-state index in [2.05, 4.69) is 6.92 Å². The summed E-state index contributed by atoms with van der Waals surface area (Å²) in [5, 5.41) is 0. The number of hydrogen-bond donors (Lipinski definition) is 0. The lowest BCUT2D eigenvalue weighted by atomic mass is 9.93. The molecule has 13 heavy (non-hydrogen) atoms. The van der Waals surface area contributed by atoms with Crippen molar-refractivity contribution in [2.24, 2.45) is 0 Å². The first kappa shape index (κ1) is 9.28. The molecule has 1 aliphatic carbocycles. The second-order valence-electron chi connectivity index (χ2n) is 3.28. The molecule has 0 spiro atoms. The Bertz CT molecular complexity index is 352. The molecule has 0 aromatic carbocycles. The van der Waals surface area contributed by atoms with Crippen LogP contribution in [0.25, 0.3) is 0 Å². The molecule has 0 radical (unpaired) electrons. The van der Waals surface area contributed by atoms with Crippen LogP contribution in [0, 0.1) is 6.92 Å². The third-order valence-corrected chi connectivity index (χ3v) is 4.74.